The van der Waals surface area contributed by atoms with E-state index in [1.807, 2.05) is 25.1 Å². The number of benzene rings is 1. The molecule has 1 aliphatic rings. The van der Waals surface area contributed by atoms with Gasteiger partial charge < -0.3 is 4.90 Å². The Kier molecular flexibility index (Phi) is 5.22. The number of piperazine rings is 1. The van der Waals surface area contributed by atoms with Crippen LogP contribution in [0.2, 0.25) is 0 Å². The van der Waals surface area contributed by atoms with E-state index in [4.69, 9.17) is 0 Å². The third-order valence-electron chi connectivity index (χ3n) is 4.29. The van der Waals surface area contributed by atoms with E-state index in [2.05, 4.69) is 25.8 Å². The average Bonchev–Trinajstić information content (AvgIpc) is 2.62. The highest BCUT2D eigenvalue weighted by Crippen LogP contribution is 2.26. The number of nitrogens with zero attached hydrogens (tertiary/aromatic N) is 3. The molecule has 0 atom stereocenters. The number of sulfonamides is 1. The van der Waals surface area contributed by atoms with Crippen LogP contribution in [0.15, 0.2) is 52.1 Å². The van der Waals surface area contributed by atoms with Crippen molar-refractivity contribution < 1.29 is 8.42 Å². The van der Waals surface area contributed by atoms with Crippen molar-refractivity contribution >= 4 is 31.6 Å². The molecule has 5 nitrogen and oxygen atoms in total. The second-order valence-corrected chi connectivity index (χ2v) is 8.52. The maximum absolute atomic E-state index is 13.0. The molecule has 1 fully saturated rings. The number of halogens is 1. The summed E-state index contributed by atoms with van der Waals surface area (Å²) in [4.78, 5) is 6.64. The average molecular weight is 410 g/mol. The fraction of sp³-hybridized carbons (Fsp3) is 0.353. The molecule has 3 rings (SSSR count). The maximum Gasteiger partial charge on any atom is 0.243 e. The SMILES string of the molecule is CCc1cc(Br)ccc1S(=O)(=O)N1CCN(c2ccncc2)CC1. The van der Waals surface area contributed by atoms with Gasteiger partial charge in [0.25, 0.3) is 0 Å². The summed E-state index contributed by atoms with van der Waals surface area (Å²) in [5, 5.41) is 0. The second kappa shape index (κ2) is 7.21. The van der Waals surface area contributed by atoms with Gasteiger partial charge in [-0.2, -0.15) is 4.31 Å². The third-order valence-corrected chi connectivity index (χ3v) is 6.78. The molecule has 1 aromatic carbocycles. The number of hydrogen-bond acceptors (Lipinski definition) is 4. The highest BCUT2D eigenvalue weighted by atomic mass is 79.9. The zero-order valence-corrected chi connectivity index (χ0v) is 15.9. The minimum absolute atomic E-state index is 0.422. The Morgan fingerprint density at radius 1 is 1.08 bits per heavy atom. The van der Waals surface area contributed by atoms with Crippen molar-refractivity contribution in [2.24, 2.45) is 0 Å². The highest BCUT2D eigenvalue weighted by molar-refractivity contribution is 9.10. The molecule has 0 bridgehead atoms. The predicted octanol–water partition coefficient (Wildman–Crippen LogP) is 2.92. The first-order chi connectivity index (χ1) is 11.5. The lowest BCUT2D eigenvalue weighted by Crippen LogP contribution is -2.48. The molecule has 1 aromatic heterocycles. The van der Waals surface area contributed by atoms with Crippen molar-refractivity contribution in [3.8, 4) is 0 Å². The van der Waals surface area contributed by atoms with Crippen LogP contribution in [0.25, 0.3) is 0 Å². The largest absolute Gasteiger partial charge is 0.369 e. The van der Waals surface area contributed by atoms with E-state index in [1.165, 1.54) is 0 Å². The number of hydrogen-bond donors (Lipinski definition) is 0. The molecular weight excluding hydrogens is 390 g/mol. The minimum Gasteiger partial charge on any atom is -0.369 e. The van der Waals surface area contributed by atoms with Gasteiger partial charge in [0.15, 0.2) is 0 Å². The van der Waals surface area contributed by atoms with Crippen molar-refractivity contribution in [1.82, 2.24) is 9.29 Å². The van der Waals surface area contributed by atoms with E-state index in [0.717, 1.165) is 15.7 Å². The molecule has 1 saturated heterocycles. The van der Waals surface area contributed by atoms with Crippen LogP contribution in [-0.2, 0) is 16.4 Å². The van der Waals surface area contributed by atoms with Crippen molar-refractivity contribution in [1.29, 1.82) is 0 Å². The molecule has 2 aromatic rings. The van der Waals surface area contributed by atoms with Gasteiger partial charge in [0.05, 0.1) is 4.90 Å². The number of pyridine rings is 1. The summed E-state index contributed by atoms with van der Waals surface area (Å²) in [5.41, 5.74) is 1.93. The molecule has 0 unspecified atom stereocenters. The molecule has 0 amide bonds. The summed E-state index contributed by atoms with van der Waals surface area (Å²) >= 11 is 3.41. The zero-order valence-electron chi connectivity index (χ0n) is 13.5. The molecule has 7 heteroatoms. The zero-order chi connectivity index (χ0) is 17.2. The lowest BCUT2D eigenvalue weighted by Gasteiger charge is -2.35. The normalized spacial score (nSPS) is 16.3. The van der Waals surface area contributed by atoms with Gasteiger partial charge in [0.1, 0.15) is 0 Å². The molecule has 0 N–H and O–H groups in total. The van der Waals surface area contributed by atoms with Crippen LogP contribution in [0, 0.1) is 0 Å². The van der Waals surface area contributed by atoms with E-state index in [-0.39, 0.29) is 0 Å². The predicted molar refractivity (Wildman–Crippen MR) is 98.7 cm³/mol. The minimum atomic E-state index is -3.45. The maximum atomic E-state index is 13.0. The van der Waals surface area contributed by atoms with Crippen molar-refractivity contribution in [2.45, 2.75) is 18.2 Å². The second-order valence-electron chi connectivity index (χ2n) is 5.70. The first kappa shape index (κ1) is 17.4. The van der Waals surface area contributed by atoms with Gasteiger partial charge in [-0.15, -0.1) is 0 Å². The Morgan fingerprint density at radius 3 is 2.38 bits per heavy atom. The number of aryl methyl sites for hydroxylation is 1. The lowest BCUT2D eigenvalue weighted by molar-refractivity contribution is 0.384. The summed E-state index contributed by atoms with van der Waals surface area (Å²) in [6.45, 7) is 4.32. The fourth-order valence-corrected chi connectivity index (χ4v) is 5.06. The standard InChI is InChI=1S/C17H20BrN3O2S/c1-2-14-13-15(18)3-4-17(14)24(22,23)21-11-9-20(10-12-21)16-5-7-19-8-6-16/h3-8,13H,2,9-12H2,1H3. The van der Waals surface area contributed by atoms with Gasteiger partial charge in [-0.1, -0.05) is 22.9 Å². The van der Waals surface area contributed by atoms with Crippen LogP contribution in [0.4, 0.5) is 5.69 Å². The molecule has 0 aliphatic carbocycles. The van der Waals surface area contributed by atoms with Crippen molar-refractivity contribution in [3.63, 3.8) is 0 Å². The monoisotopic (exact) mass is 409 g/mol. The number of rotatable bonds is 4. The molecular formula is C17H20BrN3O2S. The summed E-state index contributed by atoms with van der Waals surface area (Å²) < 4.78 is 28.5. The quantitative estimate of drug-likeness (QED) is 0.778. The molecule has 0 spiro atoms. The number of anilines is 1. The van der Waals surface area contributed by atoms with E-state index >= 15 is 0 Å². The lowest BCUT2D eigenvalue weighted by atomic mass is 10.2. The molecule has 24 heavy (non-hydrogen) atoms. The van der Waals surface area contributed by atoms with Gasteiger partial charge >= 0.3 is 0 Å². The van der Waals surface area contributed by atoms with Gasteiger partial charge in [-0.3, -0.25) is 4.98 Å². The fourth-order valence-electron chi connectivity index (χ4n) is 2.96. The van der Waals surface area contributed by atoms with Gasteiger partial charge in [-0.25, -0.2) is 8.42 Å². The molecule has 1 aliphatic heterocycles. The molecule has 2 heterocycles. The van der Waals surface area contributed by atoms with Crippen LogP contribution >= 0.6 is 15.9 Å². The van der Waals surface area contributed by atoms with Gasteiger partial charge in [0.2, 0.25) is 10.0 Å². The van der Waals surface area contributed by atoms with E-state index in [0.29, 0.717) is 37.5 Å². The van der Waals surface area contributed by atoms with Crippen LogP contribution in [0.1, 0.15) is 12.5 Å². The smallest absolute Gasteiger partial charge is 0.243 e. The van der Waals surface area contributed by atoms with Crippen LogP contribution in [0.3, 0.4) is 0 Å². The van der Waals surface area contributed by atoms with Gasteiger partial charge in [-0.05, 0) is 42.3 Å². The molecule has 128 valence electrons. The Morgan fingerprint density at radius 2 is 1.75 bits per heavy atom. The first-order valence-corrected chi connectivity index (χ1v) is 10.2. The molecule has 0 radical (unpaired) electrons. The van der Waals surface area contributed by atoms with Crippen molar-refractivity contribution in [2.75, 3.05) is 31.1 Å². The summed E-state index contributed by atoms with van der Waals surface area (Å²) in [5.74, 6) is 0. The summed E-state index contributed by atoms with van der Waals surface area (Å²) in [7, 11) is -3.45. The van der Waals surface area contributed by atoms with E-state index in [1.54, 1.807) is 28.8 Å². The summed E-state index contributed by atoms with van der Waals surface area (Å²) in [6, 6.07) is 9.29. The first-order valence-electron chi connectivity index (χ1n) is 7.96. The third kappa shape index (κ3) is 3.48. The highest BCUT2D eigenvalue weighted by Gasteiger charge is 2.30. The summed E-state index contributed by atoms with van der Waals surface area (Å²) in [6.07, 6.45) is 4.20. The van der Waals surface area contributed by atoms with E-state index < -0.39 is 10.0 Å². The van der Waals surface area contributed by atoms with Crippen molar-refractivity contribution in [3.05, 3.63) is 52.8 Å². The Balaban J connectivity index is 1.78. The molecule has 0 saturated carbocycles. The van der Waals surface area contributed by atoms with Crippen LogP contribution in [0.5, 0.6) is 0 Å². The van der Waals surface area contributed by atoms with Crippen LogP contribution < -0.4 is 4.90 Å². The Hall–Kier alpha value is -1.44. The topological polar surface area (TPSA) is 53.5 Å². The van der Waals surface area contributed by atoms with E-state index in [9.17, 15) is 8.42 Å². The van der Waals surface area contributed by atoms with Gasteiger partial charge in [0, 0.05) is 48.7 Å². The Bertz CT molecular complexity index is 804. The number of aromatic nitrogens is 1. The van der Waals surface area contributed by atoms with Crippen LogP contribution in [-0.4, -0.2) is 43.9 Å². The Labute approximate surface area is 151 Å².